The maximum atomic E-state index is 12.8. The highest BCUT2D eigenvalue weighted by Gasteiger charge is 2.27. The highest BCUT2D eigenvalue weighted by molar-refractivity contribution is 5.75. The molecule has 0 aliphatic carbocycles. The van der Waals surface area contributed by atoms with Gasteiger partial charge < -0.3 is 14.9 Å². The predicted molar refractivity (Wildman–Crippen MR) is 51.9 cm³/mol. The number of hydrogen-bond donors (Lipinski definition) is 2. The fraction of sp³-hybridized carbons (Fsp3) is 0.400. The van der Waals surface area contributed by atoms with Crippen LogP contribution in [0.4, 0.5) is 4.39 Å². The van der Waals surface area contributed by atoms with E-state index in [-0.39, 0.29) is 5.56 Å². The van der Waals surface area contributed by atoms with E-state index in [1.807, 2.05) is 0 Å². The van der Waals surface area contributed by atoms with Gasteiger partial charge in [-0.25, -0.2) is 9.78 Å². The maximum Gasteiger partial charge on any atom is 0.337 e. The Balaban J connectivity index is 2.99. The first-order valence-corrected chi connectivity index (χ1v) is 4.53. The molecule has 1 rings (SSSR count). The number of hydrogen-bond acceptors (Lipinski definition) is 5. The molecule has 2 atom stereocenters. The van der Waals surface area contributed by atoms with Gasteiger partial charge in [0.2, 0.25) is 5.95 Å². The van der Waals surface area contributed by atoms with Gasteiger partial charge in [0.05, 0.1) is 7.11 Å². The molecule has 1 aromatic heterocycles. The number of ether oxygens (including phenoxy) is 1. The van der Waals surface area contributed by atoms with Crippen molar-refractivity contribution in [3.63, 3.8) is 0 Å². The summed E-state index contributed by atoms with van der Waals surface area (Å²) in [6, 6.07) is 0.964. The molecule has 0 aliphatic rings. The van der Waals surface area contributed by atoms with Gasteiger partial charge in [0.1, 0.15) is 6.10 Å². The number of carbonyl (C=O) groups excluding carboxylic acids is 1. The van der Waals surface area contributed by atoms with E-state index in [0.717, 1.165) is 13.2 Å². The molecule has 0 amide bonds. The normalized spacial score (nSPS) is 14.3. The molecule has 0 radical (unpaired) electrons. The van der Waals surface area contributed by atoms with Crippen molar-refractivity contribution < 1.29 is 24.1 Å². The van der Waals surface area contributed by atoms with Crippen LogP contribution in [0.25, 0.3) is 0 Å². The van der Waals surface area contributed by atoms with E-state index >= 15 is 0 Å². The molecule has 0 aromatic carbocycles. The molecule has 5 nitrogen and oxygen atoms in total. The highest BCUT2D eigenvalue weighted by Crippen LogP contribution is 2.21. The van der Waals surface area contributed by atoms with Crippen molar-refractivity contribution in [2.45, 2.75) is 19.1 Å². The van der Waals surface area contributed by atoms with Crippen LogP contribution in [0, 0.1) is 12.9 Å². The van der Waals surface area contributed by atoms with E-state index in [9.17, 15) is 19.4 Å². The van der Waals surface area contributed by atoms with E-state index in [1.54, 1.807) is 6.92 Å². The van der Waals surface area contributed by atoms with Crippen molar-refractivity contribution in [2.75, 3.05) is 7.11 Å². The molecule has 0 saturated heterocycles. The summed E-state index contributed by atoms with van der Waals surface area (Å²) in [5.41, 5.74) is 0.572. The smallest absolute Gasteiger partial charge is 0.337 e. The topological polar surface area (TPSA) is 79.7 Å². The van der Waals surface area contributed by atoms with Gasteiger partial charge in [-0.1, -0.05) is 0 Å². The Kier molecular flexibility index (Phi) is 3.92. The summed E-state index contributed by atoms with van der Waals surface area (Å²) in [5, 5.41) is 19.0. The number of esters is 1. The zero-order chi connectivity index (χ0) is 12.3. The molecule has 16 heavy (non-hydrogen) atoms. The average molecular weight is 229 g/mol. The second-order valence-electron chi connectivity index (χ2n) is 3.28. The SMILES string of the molecule is COC(=O)C(O)C(O)c1cc(F)ncc1C. The fourth-order valence-corrected chi connectivity index (χ4v) is 1.25. The molecule has 0 fully saturated rings. The fourth-order valence-electron chi connectivity index (χ4n) is 1.25. The molecule has 2 N–H and O–H groups in total. The molecular weight excluding hydrogens is 217 g/mol. The molecule has 6 heteroatoms. The Morgan fingerprint density at radius 3 is 2.75 bits per heavy atom. The third kappa shape index (κ3) is 2.53. The summed E-state index contributed by atoms with van der Waals surface area (Å²) in [7, 11) is 1.08. The van der Waals surface area contributed by atoms with Gasteiger partial charge in [-0.2, -0.15) is 4.39 Å². The Morgan fingerprint density at radius 2 is 2.19 bits per heavy atom. The van der Waals surface area contributed by atoms with Crippen LogP contribution in [-0.2, 0) is 9.53 Å². The van der Waals surface area contributed by atoms with Crippen molar-refractivity contribution in [3.8, 4) is 0 Å². The Hall–Kier alpha value is -1.53. The average Bonchev–Trinajstić information content (AvgIpc) is 2.29. The zero-order valence-corrected chi connectivity index (χ0v) is 8.85. The van der Waals surface area contributed by atoms with Gasteiger partial charge >= 0.3 is 5.97 Å². The van der Waals surface area contributed by atoms with Crippen LogP contribution in [0.2, 0.25) is 0 Å². The highest BCUT2D eigenvalue weighted by atomic mass is 19.1. The molecule has 0 aliphatic heterocycles. The van der Waals surface area contributed by atoms with Crippen molar-refractivity contribution in [2.24, 2.45) is 0 Å². The largest absolute Gasteiger partial charge is 0.467 e. The molecule has 2 unspecified atom stereocenters. The van der Waals surface area contributed by atoms with Crippen LogP contribution in [0.1, 0.15) is 17.2 Å². The van der Waals surface area contributed by atoms with Crippen LogP contribution < -0.4 is 0 Å². The lowest BCUT2D eigenvalue weighted by Gasteiger charge is -2.17. The molecule has 0 saturated carbocycles. The Morgan fingerprint density at radius 1 is 1.56 bits per heavy atom. The summed E-state index contributed by atoms with van der Waals surface area (Å²) < 4.78 is 17.1. The van der Waals surface area contributed by atoms with E-state index < -0.39 is 24.1 Å². The molecule has 0 bridgehead atoms. The van der Waals surface area contributed by atoms with Crippen molar-refractivity contribution in [1.29, 1.82) is 0 Å². The lowest BCUT2D eigenvalue weighted by Crippen LogP contribution is -2.29. The molecule has 88 valence electrons. The summed E-state index contributed by atoms with van der Waals surface area (Å²) in [6.07, 6.45) is -2.08. The van der Waals surface area contributed by atoms with E-state index in [0.29, 0.717) is 5.56 Å². The van der Waals surface area contributed by atoms with Gasteiger partial charge in [-0.05, 0) is 24.1 Å². The van der Waals surface area contributed by atoms with Crippen molar-refractivity contribution in [1.82, 2.24) is 4.98 Å². The van der Waals surface area contributed by atoms with Gasteiger partial charge in [-0.3, -0.25) is 0 Å². The van der Waals surface area contributed by atoms with E-state index in [1.165, 1.54) is 6.20 Å². The minimum absolute atomic E-state index is 0.102. The number of pyridine rings is 1. The monoisotopic (exact) mass is 229 g/mol. The second kappa shape index (κ2) is 5.00. The van der Waals surface area contributed by atoms with Crippen LogP contribution in [0.15, 0.2) is 12.3 Å². The first-order valence-electron chi connectivity index (χ1n) is 4.53. The number of aliphatic hydroxyl groups excluding tert-OH is 2. The number of methoxy groups -OCH3 is 1. The van der Waals surface area contributed by atoms with Crippen molar-refractivity contribution >= 4 is 5.97 Å². The lowest BCUT2D eigenvalue weighted by molar-refractivity contribution is -0.156. The predicted octanol–water partition coefficient (Wildman–Crippen LogP) is 0.0964. The molecular formula is C10H12FNO4. The zero-order valence-electron chi connectivity index (χ0n) is 8.85. The lowest BCUT2D eigenvalue weighted by atomic mass is 10.0. The Labute approximate surface area is 91.5 Å². The third-order valence-corrected chi connectivity index (χ3v) is 2.17. The van der Waals surface area contributed by atoms with Gasteiger partial charge in [0.25, 0.3) is 0 Å². The van der Waals surface area contributed by atoms with Crippen LogP contribution in [-0.4, -0.2) is 34.4 Å². The number of aliphatic hydroxyl groups is 2. The number of aromatic nitrogens is 1. The maximum absolute atomic E-state index is 12.8. The number of nitrogens with zero attached hydrogens (tertiary/aromatic N) is 1. The first kappa shape index (κ1) is 12.5. The molecule has 0 spiro atoms. The van der Waals surface area contributed by atoms with Crippen molar-refractivity contribution in [3.05, 3.63) is 29.3 Å². The summed E-state index contributed by atoms with van der Waals surface area (Å²) >= 11 is 0. The van der Waals surface area contributed by atoms with E-state index in [2.05, 4.69) is 9.72 Å². The number of aryl methyl sites for hydroxylation is 1. The van der Waals surface area contributed by atoms with Gasteiger partial charge in [-0.15, -0.1) is 0 Å². The van der Waals surface area contributed by atoms with Crippen LogP contribution in [0.3, 0.4) is 0 Å². The first-order chi connectivity index (χ1) is 7.47. The summed E-state index contributed by atoms with van der Waals surface area (Å²) in [4.78, 5) is 14.4. The van der Waals surface area contributed by atoms with Gasteiger partial charge in [0.15, 0.2) is 6.10 Å². The quantitative estimate of drug-likeness (QED) is 0.567. The molecule has 1 aromatic rings. The Bertz CT molecular complexity index is 396. The molecule has 1 heterocycles. The standard InChI is InChI=1S/C10H12FNO4/c1-5-4-12-7(11)3-6(5)8(13)9(14)10(15)16-2/h3-4,8-9,13-14H,1-2H3. The third-order valence-electron chi connectivity index (χ3n) is 2.17. The minimum Gasteiger partial charge on any atom is -0.467 e. The number of carbonyl (C=O) groups is 1. The van der Waals surface area contributed by atoms with Crippen LogP contribution >= 0.6 is 0 Å². The second-order valence-corrected chi connectivity index (χ2v) is 3.28. The number of rotatable bonds is 3. The van der Waals surface area contributed by atoms with Crippen LogP contribution in [0.5, 0.6) is 0 Å². The van der Waals surface area contributed by atoms with Gasteiger partial charge in [0, 0.05) is 6.20 Å². The number of halogens is 1. The van der Waals surface area contributed by atoms with E-state index in [4.69, 9.17) is 0 Å². The minimum atomic E-state index is -1.74. The summed E-state index contributed by atoms with van der Waals surface area (Å²) in [6.45, 7) is 1.58. The summed E-state index contributed by atoms with van der Waals surface area (Å²) in [5.74, 6) is -1.78.